The van der Waals surface area contributed by atoms with Gasteiger partial charge in [-0.05, 0) is 33.8 Å². The number of nitrogens with zero attached hydrogens (tertiary/aromatic N) is 2. The summed E-state index contributed by atoms with van der Waals surface area (Å²) in [5, 5.41) is 32.1. The third-order valence-electron chi connectivity index (χ3n) is 3.88. The van der Waals surface area contributed by atoms with Crippen molar-refractivity contribution >= 4 is 17.3 Å². The maximum atomic E-state index is 11.4. The lowest BCUT2D eigenvalue weighted by atomic mass is 9.74. The van der Waals surface area contributed by atoms with E-state index in [4.69, 9.17) is 5.26 Å². The van der Waals surface area contributed by atoms with E-state index in [0.29, 0.717) is 5.69 Å². The van der Waals surface area contributed by atoms with Crippen LogP contribution in [0.1, 0.15) is 33.3 Å². The zero-order valence-corrected chi connectivity index (χ0v) is 12.3. The number of nitriles is 1. The quantitative estimate of drug-likeness (QED) is 0.636. The van der Waals surface area contributed by atoms with Crippen LogP contribution in [0, 0.1) is 26.9 Å². The van der Waals surface area contributed by atoms with Crippen molar-refractivity contribution in [2.45, 2.75) is 33.2 Å². The molecule has 1 rings (SSSR count). The van der Waals surface area contributed by atoms with E-state index in [1.165, 1.54) is 12.1 Å². The third kappa shape index (κ3) is 3.11. The first-order valence-electron chi connectivity index (χ1n) is 6.23. The summed E-state index contributed by atoms with van der Waals surface area (Å²) in [7, 11) is 0. The Kier molecular flexibility index (Phi) is 4.23. The number of anilines is 1. The molecular weight excluding hydrogens is 274 g/mol. The van der Waals surface area contributed by atoms with Gasteiger partial charge in [0.15, 0.2) is 0 Å². The summed E-state index contributed by atoms with van der Waals surface area (Å²) in [5.74, 6) is -0.986. The van der Waals surface area contributed by atoms with Crippen LogP contribution in [-0.4, -0.2) is 21.5 Å². The Morgan fingerprint density at radius 1 is 1.38 bits per heavy atom. The second-order valence-electron chi connectivity index (χ2n) is 5.78. The molecule has 0 radical (unpaired) electrons. The smallest absolute Gasteiger partial charge is 0.311 e. The first-order valence-corrected chi connectivity index (χ1v) is 6.23. The molecule has 0 bridgehead atoms. The largest absolute Gasteiger partial charge is 0.481 e. The van der Waals surface area contributed by atoms with E-state index < -0.39 is 21.8 Å². The normalized spacial score (nSPS) is 11.6. The van der Waals surface area contributed by atoms with Gasteiger partial charge in [0.1, 0.15) is 6.07 Å². The molecule has 2 N–H and O–H groups in total. The van der Waals surface area contributed by atoms with Gasteiger partial charge in [0.25, 0.3) is 5.69 Å². The molecule has 0 saturated heterocycles. The highest BCUT2D eigenvalue weighted by Gasteiger charge is 2.43. The number of hydrogen-bond donors (Lipinski definition) is 2. The zero-order valence-electron chi connectivity index (χ0n) is 12.3. The molecule has 0 unspecified atom stereocenters. The molecule has 1 aromatic rings. The van der Waals surface area contributed by atoms with Crippen molar-refractivity contribution in [1.82, 2.24) is 0 Å². The Labute approximate surface area is 122 Å². The van der Waals surface area contributed by atoms with E-state index in [-0.39, 0.29) is 11.3 Å². The van der Waals surface area contributed by atoms with Crippen molar-refractivity contribution in [3.05, 3.63) is 33.9 Å². The molecule has 112 valence electrons. The number of rotatable bonds is 5. The summed E-state index contributed by atoms with van der Waals surface area (Å²) < 4.78 is 0. The number of carbonyl (C=O) groups is 1. The molecule has 0 saturated carbocycles. The van der Waals surface area contributed by atoms with Crippen molar-refractivity contribution in [1.29, 1.82) is 5.26 Å². The van der Waals surface area contributed by atoms with Crippen molar-refractivity contribution < 1.29 is 14.8 Å². The van der Waals surface area contributed by atoms with Gasteiger partial charge in [0.2, 0.25) is 0 Å². The Hall–Kier alpha value is -2.62. The maximum Gasteiger partial charge on any atom is 0.311 e. The molecule has 0 atom stereocenters. The van der Waals surface area contributed by atoms with Crippen LogP contribution in [0.2, 0.25) is 0 Å². The van der Waals surface area contributed by atoms with Gasteiger partial charge in [-0.2, -0.15) is 5.26 Å². The summed E-state index contributed by atoms with van der Waals surface area (Å²) in [6.45, 7) is 6.53. The van der Waals surface area contributed by atoms with Crippen molar-refractivity contribution in [2.75, 3.05) is 5.32 Å². The summed E-state index contributed by atoms with van der Waals surface area (Å²) in [4.78, 5) is 21.5. The second-order valence-corrected chi connectivity index (χ2v) is 5.78. The summed E-state index contributed by atoms with van der Waals surface area (Å²) >= 11 is 0. The van der Waals surface area contributed by atoms with E-state index in [1.807, 2.05) is 6.07 Å². The van der Waals surface area contributed by atoms with Crippen LogP contribution in [-0.2, 0) is 4.79 Å². The topological polar surface area (TPSA) is 116 Å². The standard InChI is InChI=1S/C14H17N3O4/c1-13(2,12(18)19)14(3,4)16-11-6-5-10(17(20)21)7-9(11)8-15/h5-7,16H,1-4H3,(H,18,19). The van der Waals surface area contributed by atoms with Crippen LogP contribution in [0.5, 0.6) is 0 Å². The lowest BCUT2D eigenvalue weighted by Gasteiger charge is -2.39. The first kappa shape index (κ1) is 16.4. The molecule has 0 amide bonds. The maximum absolute atomic E-state index is 11.4. The van der Waals surface area contributed by atoms with Gasteiger partial charge in [-0.15, -0.1) is 0 Å². The molecule has 7 heteroatoms. The van der Waals surface area contributed by atoms with E-state index in [9.17, 15) is 20.0 Å². The predicted octanol–water partition coefficient (Wildman–Crippen LogP) is 2.77. The third-order valence-corrected chi connectivity index (χ3v) is 3.88. The molecule has 21 heavy (non-hydrogen) atoms. The van der Waals surface area contributed by atoms with Crippen molar-refractivity contribution in [2.24, 2.45) is 5.41 Å². The highest BCUT2D eigenvalue weighted by atomic mass is 16.6. The Balaban J connectivity index is 3.22. The lowest BCUT2D eigenvalue weighted by molar-refractivity contribution is -0.384. The molecule has 0 aromatic heterocycles. The van der Waals surface area contributed by atoms with Gasteiger partial charge in [-0.25, -0.2) is 0 Å². The van der Waals surface area contributed by atoms with Crippen LogP contribution < -0.4 is 5.32 Å². The van der Waals surface area contributed by atoms with Crippen LogP contribution in [0.15, 0.2) is 18.2 Å². The van der Waals surface area contributed by atoms with Gasteiger partial charge in [-0.1, -0.05) is 0 Å². The van der Waals surface area contributed by atoms with Gasteiger partial charge < -0.3 is 10.4 Å². The summed E-state index contributed by atoms with van der Waals surface area (Å²) in [6, 6.07) is 5.72. The van der Waals surface area contributed by atoms with Crippen LogP contribution >= 0.6 is 0 Å². The van der Waals surface area contributed by atoms with Crippen molar-refractivity contribution in [3.63, 3.8) is 0 Å². The predicted molar refractivity (Wildman–Crippen MR) is 76.9 cm³/mol. The minimum Gasteiger partial charge on any atom is -0.481 e. The average molecular weight is 291 g/mol. The number of aliphatic carboxylic acids is 1. The van der Waals surface area contributed by atoms with E-state index in [0.717, 1.165) is 6.07 Å². The van der Waals surface area contributed by atoms with Gasteiger partial charge in [0, 0.05) is 17.7 Å². The molecule has 0 spiro atoms. The molecule has 0 aliphatic rings. The number of carboxylic acid groups (broad SMARTS) is 1. The van der Waals surface area contributed by atoms with Gasteiger partial charge in [0.05, 0.1) is 21.6 Å². The van der Waals surface area contributed by atoms with E-state index in [2.05, 4.69) is 5.32 Å². The van der Waals surface area contributed by atoms with Gasteiger partial charge in [-0.3, -0.25) is 14.9 Å². The lowest BCUT2D eigenvalue weighted by Crippen LogP contribution is -2.50. The highest BCUT2D eigenvalue weighted by Crippen LogP contribution is 2.35. The fourth-order valence-corrected chi connectivity index (χ4v) is 1.61. The highest BCUT2D eigenvalue weighted by molar-refractivity contribution is 5.77. The number of carboxylic acids is 1. The van der Waals surface area contributed by atoms with Crippen LogP contribution in [0.3, 0.4) is 0 Å². The number of non-ortho nitro benzene ring substituents is 1. The molecule has 0 fully saturated rings. The minimum atomic E-state index is -1.11. The number of nitrogens with one attached hydrogen (secondary N) is 1. The average Bonchev–Trinajstić information content (AvgIpc) is 2.37. The molecular formula is C14H17N3O4. The van der Waals surface area contributed by atoms with E-state index >= 15 is 0 Å². The first-order chi connectivity index (χ1) is 9.52. The summed E-state index contributed by atoms with van der Waals surface area (Å²) in [5.41, 5.74) is -1.71. The van der Waals surface area contributed by atoms with E-state index in [1.54, 1.807) is 27.7 Å². The number of benzene rings is 1. The molecule has 1 aromatic carbocycles. The number of nitro groups is 1. The second kappa shape index (κ2) is 5.40. The fourth-order valence-electron chi connectivity index (χ4n) is 1.61. The molecule has 0 heterocycles. The SMILES string of the molecule is CC(C)(Nc1ccc([N+](=O)[O-])cc1C#N)C(C)(C)C(=O)O. The minimum absolute atomic E-state index is 0.0958. The van der Waals surface area contributed by atoms with Crippen LogP contribution in [0.4, 0.5) is 11.4 Å². The molecule has 0 aliphatic heterocycles. The number of nitro benzene ring substituents is 1. The molecule has 0 aliphatic carbocycles. The van der Waals surface area contributed by atoms with Crippen molar-refractivity contribution in [3.8, 4) is 6.07 Å². The summed E-state index contributed by atoms with van der Waals surface area (Å²) in [6.07, 6.45) is 0. The Morgan fingerprint density at radius 2 is 1.95 bits per heavy atom. The number of hydrogen-bond acceptors (Lipinski definition) is 5. The van der Waals surface area contributed by atoms with Crippen LogP contribution in [0.25, 0.3) is 0 Å². The fraction of sp³-hybridized carbons (Fsp3) is 0.429. The monoisotopic (exact) mass is 291 g/mol. The molecule has 7 nitrogen and oxygen atoms in total. The van der Waals surface area contributed by atoms with Gasteiger partial charge >= 0.3 is 5.97 Å². The Morgan fingerprint density at radius 3 is 2.38 bits per heavy atom. The zero-order chi connectivity index (χ0) is 16.4. The Bertz CT molecular complexity index is 630.